The molecule has 1 N–H and O–H groups in total. The van der Waals surface area contributed by atoms with E-state index in [2.05, 4.69) is 10.2 Å². The van der Waals surface area contributed by atoms with Gasteiger partial charge in [0.2, 0.25) is 0 Å². The number of aromatic nitrogens is 1. The number of ether oxygens (including phenoxy) is 4. The Morgan fingerprint density at radius 3 is 2.31 bits per heavy atom. The minimum atomic E-state index is -0.269. The lowest BCUT2D eigenvalue weighted by Gasteiger charge is -2.26. The fourth-order valence-electron chi connectivity index (χ4n) is 4.16. The number of methoxy groups -OCH3 is 2. The highest BCUT2D eigenvalue weighted by molar-refractivity contribution is 6.07. The highest BCUT2D eigenvalue weighted by Gasteiger charge is 2.19. The van der Waals surface area contributed by atoms with Crippen LogP contribution in [-0.4, -0.2) is 75.6 Å². The van der Waals surface area contributed by atoms with Crippen LogP contribution in [0.25, 0.3) is 16.5 Å². The van der Waals surface area contributed by atoms with Gasteiger partial charge in [0.05, 0.1) is 45.0 Å². The fourth-order valence-corrected chi connectivity index (χ4v) is 4.16. The van der Waals surface area contributed by atoms with E-state index in [9.17, 15) is 9.59 Å². The maximum atomic E-state index is 13.5. The number of nitrogens with one attached hydrogen (secondary N) is 1. The van der Waals surface area contributed by atoms with Crippen LogP contribution in [0.3, 0.4) is 0 Å². The molecule has 1 aromatic heterocycles. The largest absolute Gasteiger partial charge is 0.494 e. The molecule has 0 spiro atoms. The minimum absolute atomic E-state index is 0.268. The number of rotatable bonds is 9. The molecule has 0 atom stereocenters. The van der Waals surface area contributed by atoms with Gasteiger partial charge >= 0.3 is 0 Å². The van der Waals surface area contributed by atoms with E-state index in [1.165, 1.54) is 18.8 Å². The second-order valence-corrected chi connectivity index (χ2v) is 8.11. The number of hydrogen-bond donors (Lipinski definition) is 1. The summed E-state index contributed by atoms with van der Waals surface area (Å²) in [4.78, 5) is 29.1. The molecule has 2 aromatic carbocycles. The highest BCUT2D eigenvalue weighted by atomic mass is 16.5. The third-order valence-corrected chi connectivity index (χ3v) is 6.01. The third-order valence-electron chi connectivity index (χ3n) is 6.01. The van der Waals surface area contributed by atoms with Crippen LogP contribution < -0.4 is 25.1 Å². The monoisotopic (exact) mass is 481 g/mol. The van der Waals surface area contributed by atoms with Crippen LogP contribution in [0.5, 0.6) is 17.2 Å². The molecule has 1 aliphatic heterocycles. The molecule has 186 valence electrons. The van der Waals surface area contributed by atoms with Gasteiger partial charge in [-0.3, -0.25) is 19.1 Å². The van der Waals surface area contributed by atoms with Crippen molar-refractivity contribution in [3.05, 3.63) is 58.5 Å². The van der Waals surface area contributed by atoms with E-state index in [1.54, 1.807) is 42.6 Å². The average molecular weight is 482 g/mol. The Kier molecular flexibility index (Phi) is 7.89. The van der Waals surface area contributed by atoms with E-state index in [-0.39, 0.29) is 11.5 Å². The van der Waals surface area contributed by atoms with Crippen molar-refractivity contribution >= 4 is 16.7 Å². The molecule has 0 aliphatic carbocycles. The first-order valence-electron chi connectivity index (χ1n) is 11.7. The van der Waals surface area contributed by atoms with Crippen molar-refractivity contribution in [2.75, 3.05) is 60.2 Å². The molecule has 1 aliphatic rings. The zero-order chi connectivity index (χ0) is 24.8. The van der Waals surface area contributed by atoms with Crippen molar-refractivity contribution in [2.45, 2.75) is 6.92 Å². The molecule has 3 aromatic rings. The van der Waals surface area contributed by atoms with E-state index in [1.807, 2.05) is 6.92 Å². The Balaban J connectivity index is 1.73. The molecule has 0 saturated carbocycles. The van der Waals surface area contributed by atoms with E-state index in [4.69, 9.17) is 18.9 Å². The van der Waals surface area contributed by atoms with E-state index in [0.717, 1.165) is 19.6 Å². The molecule has 2 heterocycles. The van der Waals surface area contributed by atoms with Gasteiger partial charge in [-0.25, -0.2) is 0 Å². The van der Waals surface area contributed by atoms with E-state index >= 15 is 0 Å². The van der Waals surface area contributed by atoms with Gasteiger partial charge in [0.15, 0.2) is 11.5 Å². The van der Waals surface area contributed by atoms with E-state index in [0.29, 0.717) is 65.6 Å². The molecule has 1 saturated heterocycles. The molecule has 9 nitrogen and oxygen atoms in total. The molecule has 4 rings (SSSR count). The summed E-state index contributed by atoms with van der Waals surface area (Å²) in [5, 5.41) is 3.86. The predicted octanol–water partition coefficient (Wildman–Crippen LogP) is 2.47. The molecule has 0 radical (unpaired) electrons. The number of nitrogens with zero attached hydrogens (tertiary/aromatic N) is 2. The number of amides is 1. The summed E-state index contributed by atoms with van der Waals surface area (Å²) in [7, 11) is 3.03. The Labute approximate surface area is 204 Å². The Morgan fingerprint density at radius 1 is 1.03 bits per heavy atom. The van der Waals surface area contributed by atoms with Gasteiger partial charge < -0.3 is 24.3 Å². The minimum Gasteiger partial charge on any atom is -0.494 e. The van der Waals surface area contributed by atoms with Crippen LogP contribution in [-0.2, 0) is 4.74 Å². The predicted molar refractivity (Wildman–Crippen MR) is 133 cm³/mol. The standard InChI is InChI=1S/C26H31N3O6/c1-4-35-19-7-5-18(6-8-19)29-17-22(25(30)27-9-10-28-11-13-34-14-12-28)20-15-23(32-2)24(33-3)16-21(20)26(29)31/h5-8,15-17H,4,9-14H2,1-3H3,(H,27,30). The van der Waals surface area contributed by atoms with Gasteiger partial charge in [-0.2, -0.15) is 0 Å². The van der Waals surface area contributed by atoms with Gasteiger partial charge in [0.25, 0.3) is 11.5 Å². The van der Waals surface area contributed by atoms with Crippen molar-refractivity contribution in [1.82, 2.24) is 14.8 Å². The van der Waals surface area contributed by atoms with Crippen molar-refractivity contribution in [3.63, 3.8) is 0 Å². The van der Waals surface area contributed by atoms with Crippen LogP contribution >= 0.6 is 0 Å². The number of pyridine rings is 1. The maximum absolute atomic E-state index is 13.5. The molecular weight excluding hydrogens is 450 g/mol. The molecule has 1 fully saturated rings. The van der Waals surface area contributed by atoms with Gasteiger partial charge in [0, 0.05) is 43.4 Å². The molecular formula is C26H31N3O6. The SMILES string of the molecule is CCOc1ccc(-n2cc(C(=O)NCCN3CCOCC3)c3cc(OC)c(OC)cc3c2=O)cc1. The van der Waals surface area contributed by atoms with Crippen molar-refractivity contribution in [3.8, 4) is 22.9 Å². The summed E-state index contributed by atoms with van der Waals surface area (Å²) in [6.07, 6.45) is 1.58. The topological polar surface area (TPSA) is 91.3 Å². The molecule has 35 heavy (non-hydrogen) atoms. The summed E-state index contributed by atoms with van der Waals surface area (Å²) < 4.78 is 23.2. The van der Waals surface area contributed by atoms with Gasteiger partial charge in [-0.15, -0.1) is 0 Å². The summed E-state index contributed by atoms with van der Waals surface area (Å²) in [6.45, 7) is 6.76. The zero-order valence-corrected chi connectivity index (χ0v) is 20.3. The number of carbonyl (C=O) groups is 1. The van der Waals surface area contributed by atoms with Gasteiger partial charge in [0.1, 0.15) is 5.75 Å². The maximum Gasteiger partial charge on any atom is 0.263 e. The van der Waals surface area contributed by atoms with Crippen molar-refractivity contribution < 1.29 is 23.7 Å². The number of carbonyl (C=O) groups excluding carboxylic acids is 1. The molecule has 1 amide bonds. The number of benzene rings is 2. The second-order valence-electron chi connectivity index (χ2n) is 8.11. The van der Waals surface area contributed by atoms with Crippen molar-refractivity contribution in [2.24, 2.45) is 0 Å². The second kappa shape index (κ2) is 11.2. The van der Waals surface area contributed by atoms with Crippen LogP contribution in [0.15, 0.2) is 47.4 Å². The summed E-state index contributed by atoms with van der Waals surface area (Å²) >= 11 is 0. The Bertz CT molecular complexity index is 1230. The lowest BCUT2D eigenvalue weighted by molar-refractivity contribution is 0.0383. The van der Waals surface area contributed by atoms with E-state index < -0.39 is 0 Å². The Morgan fingerprint density at radius 2 is 1.69 bits per heavy atom. The summed E-state index contributed by atoms with van der Waals surface area (Å²) in [5.74, 6) is 1.30. The average Bonchev–Trinajstić information content (AvgIpc) is 2.89. The normalized spacial score (nSPS) is 14.0. The first kappa shape index (κ1) is 24.6. The molecule has 0 bridgehead atoms. The van der Waals surface area contributed by atoms with Crippen LogP contribution in [0.2, 0.25) is 0 Å². The lowest BCUT2D eigenvalue weighted by Crippen LogP contribution is -2.41. The smallest absolute Gasteiger partial charge is 0.263 e. The molecule has 9 heteroatoms. The quantitative estimate of drug-likeness (QED) is 0.502. The number of fused-ring (bicyclic) bond motifs is 1. The highest BCUT2D eigenvalue weighted by Crippen LogP contribution is 2.32. The summed E-state index contributed by atoms with van der Waals surface area (Å²) in [5.41, 5.74) is 0.726. The van der Waals surface area contributed by atoms with Crippen LogP contribution in [0.4, 0.5) is 0 Å². The number of hydrogen-bond acceptors (Lipinski definition) is 7. The summed E-state index contributed by atoms with van der Waals surface area (Å²) in [6, 6.07) is 10.5. The first-order chi connectivity index (χ1) is 17.0. The Hall–Kier alpha value is -3.56. The fraction of sp³-hybridized carbons (Fsp3) is 0.385. The molecule has 0 unspecified atom stereocenters. The van der Waals surface area contributed by atoms with Crippen molar-refractivity contribution in [1.29, 1.82) is 0 Å². The third kappa shape index (κ3) is 5.41. The zero-order valence-electron chi connectivity index (χ0n) is 20.3. The van der Waals surface area contributed by atoms with Gasteiger partial charge in [-0.1, -0.05) is 0 Å². The van der Waals surface area contributed by atoms with Crippen LogP contribution in [0.1, 0.15) is 17.3 Å². The van der Waals surface area contributed by atoms with Gasteiger partial charge in [-0.05, 0) is 43.3 Å². The van der Waals surface area contributed by atoms with Crippen LogP contribution in [0, 0.1) is 0 Å². The number of morpholine rings is 1. The first-order valence-corrected chi connectivity index (χ1v) is 11.7. The lowest BCUT2D eigenvalue weighted by atomic mass is 10.0.